The number of ketones is 1. The van der Waals surface area contributed by atoms with Gasteiger partial charge in [-0.1, -0.05) is 84.8 Å². The van der Waals surface area contributed by atoms with Crippen LogP contribution in [0.4, 0.5) is 0 Å². The fraction of sp³-hybridized carbons (Fsp3) is 0.0417. The van der Waals surface area contributed by atoms with Crippen molar-refractivity contribution >= 4 is 27.3 Å². The van der Waals surface area contributed by atoms with Crippen LogP contribution < -0.4 is 0 Å². The number of aryl methyl sites for hydroxylation is 1. The van der Waals surface area contributed by atoms with Crippen molar-refractivity contribution in [1.29, 1.82) is 0 Å². The molecule has 0 saturated heterocycles. The third-order valence-electron chi connectivity index (χ3n) is 4.54. The van der Waals surface area contributed by atoms with Gasteiger partial charge in [-0.3, -0.25) is 4.79 Å². The van der Waals surface area contributed by atoms with Crippen LogP contribution in [0.2, 0.25) is 0 Å². The predicted octanol–water partition coefficient (Wildman–Crippen LogP) is 5.54. The molecule has 4 rings (SSSR count). The number of carbonyl (C=O) groups excluding carboxylic acids is 1. The first-order chi connectivity index (χ1) is 12.3. The number of hydrogen-bond donors (Lipinski definition) is 0. The summed E-state index contributed by atoms with van der Waals surface area (Å²) in [4.78, 5) is 12.4. The number of rotatable bonds is 1. The lowest BCUT2D eigenvalue weighted by Gasteiger charge is -2.10. The molecule has 0 fully saturated rings. The van der Waals surface area contributed by atoms with Gasteiger partial charge in [0.05, 0.1) is 0 Å². The smallest absolute Gasteiger partial charge is 0.236 e. The Morgan fingerprint density at radius 3 is 1.72 bits per heavy atom. The van der Waals surface area contributed by atoms with Crippen molar-refractivity contribution in [1.82, 2.24) is 0 Å². The summed E-state index contributed by atoms with van der Waals surface area (Å²) in [6, 6.07) is 25.7. The second-order valence-electron chi connectivity index (χ2n) is 6.04. The molecular weight excluding hydrogens is 304 g/mol. The molecule has 0 aliphatic carbocycles. The summed E-state index contributed by atoms with van der Waals surface area (Å²) in [5, 5.41) is 4.54. The van der Waals surface area contributed by atoms with Gasteiger partial charge in [0.1, 0.15) is 0 Å². The van der Waals surface area contributed by atoms with E-state index in [0.717, 1.165) is 16.3 Å². The Kier molecular flexibility index (Phi) is 3.80. The van der Waals surface area contributed by atoms with Crippen molar-refractivity contribution in [3.63, 3.8) is 0 Å². The van der Waals surface area contributed by atoms with Gasteiger partial charge in [-0.15, -0.1) is 0 Å². The first-order valence-electron chi connectivity index (χ1n) is 8.27. The van der Waals surface area contributed by atoms with Crippen LogP contribution in [0.1, 0.15) is 21.5 Å². The maximum atomic E-state index is 12.4. The summed E-state index contributed by atoms with van der Waals surface area (Å²) >= 11 is 0. The summed E-state index contributed by atoms with van der Waals surface area (Å²) in [7, 11) is 0. The standard InChI is InChI=1S/C24H16O/c1-17-19-11-5-7-13-21(19)23(22-14-8-6-12-20(17)22)15-16-24(25)18-9-3-2-4-10-18/h2-14H,1H3. The van der Waals surface area contributed by atoms with Crippen molar-refractivity contribution in [2.24, 2.45) is 0 Å². The van der Waals surface area contributed by atoms with Crippen molar-refractivity contribution < 1.29 is 4.79 Å². The zero-order chi connectivity index (χ0) is 17.2. The molecule has 0 amide bonds. The van der Waals surface area contributed by atoms with E-state index < -0.39 is 0 Å². The monoisotopic (exact) mass is 320 g/mol. The summed E-state index contributed by atoms with van der Waals surface area (Å²) in [6.07, 6.45) is 0. The molecule has 0 spiro atoms. The Labute approximate surface area is 146 Å². The predicted molar refractivity (Wildman–Crippen MR) is 104 cm³/mol. The molecule has 1 heteroatoms. The molecule has 0 bridgehead atoms. The minimum Gasteiger partial charge on any atom is -0.279 e. The second kappa shape index (κ2) is 6.26. The fourth-order valence-electron chi connectivity index (χ4n) is 3.26. The highest BCUT2D eigenvalue weighted by molar-refractivity contribution is 6.12. The molecule has 4 aromatic rings. The second-order valence-corrected chi connectivity index (χ2v) is 6.04. The number of hydrogen-bond acceptors (Lipinski definition) is 1. The van der Waals surface area contributed by atoms with Crippen LogP contribution in [0.5, 0.6) is 0 Å². The van der Waals surface area contributed by atoms with Gasteiger partial charge < -0.3 is 0 Å². The van der Waals surface area contributed by atoms with E-state index in [-0.39, 0.29) is 5.78 Å². The van der Waals surface area contributed by atoms with Gasteiger partial charge in [-0.2, -0.15) is 0 Å². The van der Waals surface area contributed by atoms with E-state index >= 15 is 0 Å². The molecule has 0 aromatic heterocycles. The molecule has 4 aromatic carbocycles. The Morgan fingerprint density at radius 2 is 1.16 bits per heavy atom. The maximum absolute atomic E-state index is 12.4. The lowest BCUT2D eigenvalue weighted by molar-refractivity contribution is 0.105. The normalized spacial score (nSPS) is 10.4. The van der Waals surface area contributed by atoms with E-state index in [4.69, 9.17) is 0 Å². The Balaban J connectivity index is 1.97. The minimum atomic E-state index is -0.158. The van der Waals surface area contributed by atoms with Crippen LogP contribution in [0.3, 0.4) is 0 Å². The SMILES string of the molecule is Cc1c2ccccc2c(C#CC(=O)c2ccccc2)c2ccccc12. The van der Waals surface area contributed by atoms with E-state index in [2.05, 4.69) is 43.0 Å². The number of carbonyl (C=O) groups is 1. The number of Topliss-reactive ketones (excluding diaryl/α,β-unsaturated/α-hetero) is 1. The third-order valence-corrected chi connectivity index (χ3v) is 4.54. The fourth-order valence-corrected chi connectivity index (χ4v) is 3.26. The zero-order valence-corrected chi connectivity index (χ0v) is 13.9. The van der Waals surface area contributed by atoms with Crippen molar-refractivity contribution in [3.05, 3.63) is 95.6 Å². The molecular formula is C24H16O. The Hall–Kier alpha value is -3.37. The maximum Gasteiger partial charge on any atom is 0.236 e. The topological polar surface area (TPSA) is 17.1 Å². The summed E-state index contributed by atoms with van der Waals surface area (Å²) < 4.78 is 0. The third kappa shape index (κ3) is 2.69. The molecule has 0 saturated carbocycles. The highest BCUT2D eigenvalue weighted by atomic mass is 16.1. The summed E-state index contributed by atoms with van der Waals surface area (Å²) in [5.41, 5.74) is 2.78. The van der Waals surface area contributed by atoms with Crippen LogP contribution >= 0.6 is 0 Å². The van der Waals surface area contributed by atoms with Gasteiger partial charge in [0, 0.05) is 11.1 Å². The van der Waals surface area contributed by atoms with Gasteiger partial charge in [-0.25, -0.2) is 0 Å². The molecule has 25 heavy (non-hydrogen) atoms. The van der Waals surface area contributed by atoms with Gasteiger partial charge in [0.2, 0.25) is 5.78 Å². The van der Waals surface area contributed by atoms with E-state index in [1.54, 1.807) is 12.1 Å². The molecule has 0 atom stereocenters. The molecule has 0 aliphatic heterocycles. The molecule has 0 N–H and O–H groups in total. The highest BCUT2D eigenvalue weighted by Gasteiger charge is 2.09. The first-order valence-corrected chi connectivity index (χ1v) is 8.27. The molecule has 0 aliphatic rings. The summed E-state index contributed by atoms with van der Waals surface area (Å²) in [5.74, 6) is 5.83. The number of fused-ring (bicyclic) bond motifs is 2. The lowest BCUT2D eigenvalue weighted by atomic mass is 9.92. The van der Waals surface area contributed by atoms with Crippen LogP contribution in [-0.4, -0.2) is 5.78 Å². The van der Waals surface area contributed by atoms with Crippen molar-refractivity contribution in [3.8, 4) is 11.8 Å². The van der Waals surface area contributed by atoms with Crippen molar-refractivity contribution in [2.45, 2.75) is 6.92 Å². The molecule has 118 valence electrons. The van der Waals surface area contributed by atoms with Crippen LogP contribution in [-0.2, 0) is 0 Å². The summed E-state index contributed by atoms with van der Waals surface area (Å²) in [6.45, 7) is 2.14. The first kappa shape index (κ1) is 15.2. The van der Waals surface area contributed by atoms with Gasteiger partial charge in [0.25, 0.3) is 0 Å². The zero-order valence-electron chi connectivity index (χ0n) is 13.9. The molecule has 0 heterocycles. The molecule has 1 nitrogen and oxygen atoms in total. The van der Waals surface area contributed by atoms with Crippen LogP contribution in [0.15, 0.2) is 78.9 Å². The van der Waals surface area contributed by atoms with Crippen molar-refractivity contribution in [2.75, 3.05) is 0 Å². The van der Waals surface area contributed by atoms with E-state index in [1.807, 2.05) is 42.5 Å². The van der Waals surface area contributed by atoms with E-state index in [0.29, 0.717) is 5.56 Å². The van der Waals surface area contributed by atoms with Crippen LogP contribution in [0.25, 0.3) is 21.5 Å². The Bertz CT molecular complexity index is 1100. The quantitative estimate of drug-likeness (QED) is 0.256. The largest absolute Gasteiger partial charge is 0.279 e. The van der Waals surface area contributed by atoms with Gasteiger partial charge in [-0.05, 0) is 40.0 Å². The lowest BCUT2D eigenvalue weighted by Crippen LogP contribution is -1.95. The molecule has 0 radical (unpaired) electrons. The Morgan fingerprint density at radius 1 is 0.680 bits per heavy atom. The number of benzene rings is 4. The molecule has 0 unspecified atom stereocenters. The van der Waals surface area contributed by atoms with Crippen LogP contribution in [0, 0.1) is 18.8 Å². The van der Waals surface area contributed by atoms with Gasteiger partial charge >= 0.3 is 0 Å². The minimum absolute atomic E-state index is 0.158. The average Bonchev–Trinajstić information content (AvgIpc) is 2.68. The highest BCUT2D eigenvalue weighted by Crippen LogP contribution is 2.31. The van der Waals surface area contributed by atoms with E-state index in [1.165, 1.54) is 16.3 Å². The van der Waals surface area contributed by atoms with Gasteiger partial charge in [0.15, 0.2) is 0 Å². The van der Waals surface area contributed by atoms with E-state index in [9.17, 15) is 4.79 Å². The average molecular weight is 320 g/mol.